The summed E-state index contributed by atoms with van der Waals surface area (Å²) in [6.07, 6.45) is 2.61. The van der Waals surface area contributed by atoms with E-state index in [0.29, 0.717) is 11.4 Å². The van der Waals surface area contributed by atoms with E-state index in [9.17, 15) is 9.59 Å². The molecule has 2 aliphatic rings. The number of benzene rings is 2. The monoisotopic (exact) mass is 336 g/mol. The van der Waals surface area contributed by atoms with Crippen LogP contribution >= 0.6 is 0 Å². The van der Waals surface area contributed by atoms with Gasteiger partial charge < -0.3 is 15.0 Å². The lowest BCUT2D eigenvalue weighted by molar-refractivity contribution is -0.123. The van der Waals surface area contributed by atoms with Crippen molar-refractivity contribution < 1.29 is 14.3 Å². The van der Waals surface area contributed by atoms with Gasteiger partial charge in [-0.15, -0.1) is 0 Å². The van der Waals surface area contributed by atoms with Gasteiger partial charge in [0.05, 0.1) is 12.2 Å². The summed E-state index contributed by atoms with van der Waals surface area (Å²) in [5.41, 5.74) is 4.15. The second-order valence-corrected chi connectivity index (χ2v) is 6.53. The van der Waals surface area contributed by atoms with Gasteiger partial charge in [0, 0.05) is 12.6 Å². The zero-order chi connectivity index (χ0) is 17.4. The summed E-state index contributed by atoms with van der Waals surface area (Å²) < 4.78 is 5.83. The number of anilines is 2. The molecule has 1 aliphatic heterocycles. The Bertz CT molecular complexity index is 847. The minimum absolute atomic E-state index is 0.105. The van der Waals surface area contributed by atoms with Crippen molar-refractivity contribution >= 4 is 23.2 Å². The van der Waals surface area contributed by atoms with Gasteiger partial charge in [-0.1, -0.05) is 18.2 Å². The summed E-state index contributed by atoms with van der Waals surface area (Å²) in [5, 5.41) is 2.93. The molecule has 128 valence electrons. The maximum atomic E-state index is 12.7. The van der Waals surface area contributed by atoms with Gasteiger partial charge in [0.1, 0.15) is 5.75 Å². The van der Waals surface area contributed by atoms with Crippen LogP contribution in [0.3, 0.4) is 0 Å². The third-order valence-electron chi connectivity index (χ3n) is 4.81. The van der Waals surface area contributed by atoms with Gasteiger partial charge in [0.25, 0.3) is 5.91 Å². The second-order valence-electron chi connectivity index (χ2n) is 6.53. The molecule has 2 amide bonds. The quantitative estimate of drug-likeness (QED) is 0.917. The first kappa shape index (κ1) is 15.7. The molecule has 0 radical (unpaired) electrons. The largest absolute Gasteiger partial charge is 0.476 e. The maximum Gasteiger partial charge on any atom is 0.267 e. The average Bonchev–Trinajstić information content (AvgIpc) is 3.08. The van der Waals surface area contributed by atoms with Crippen LogP contribution in [0.4, 0.5) is 11.4 Å². The number of rotatable bonds is 2. The lowest BCUT2D eigenvalue weighted by Gasteiger charge is -2.33. The van der Waals surface area contributed by atoms with E-state index in [0.717, 1.165) is 18.5 Å². The van der Waals surface area contributed by atoms with Crippen LogP contribution in [0.15, 0.2) is 42.5 Å². The minimum atomic E-state index is -0.730. The van der Waals surface area contributed by atoms with Crippen molar-refractivity contribution in [2.24, 2.45) is 0 Å². The normalized spacial score (nSPS) is 18.1. The SMILES string of the molecule is CC(=O)N1C[C@H](C(=O)Nc2ccc3c(c2)CCC3)Oc2ccccc21. The van der Waals surface area contributed by atoms with Crippen molar-refractivity contribution in [1.82, 2.24) is 0 Å². The van der Waals surface area contributed by atoms with E-state index in [1.165, 1.54) is 24.5 Å². The van der Waals surface area contributed by atoms with Crippen molar-refractivity contribution in [3.63, 3.8) is 0 Å². The zero-order valence-corrected chi connectivity index (χ0v) is 14.1. The fraction of sp³-hybridized carbons (Fsp3) is 0.300. The summed E-state index contributed by atoms with van der Waals surface area (Å²) in [6, 6.07) is 13.3. The smallest absolute Gasteiger partial charge is 0.267 e. The Balaban J connectivity index is 1.54. The van der Waals surface area contributed by atoms with E-state index in [1.54, 1.807) is 11.0 Å². The first-order valence-corrected chi connectivity index (χ1v) is 8.58. The molecule has 1 aliphatic carbocycles. The van der Waals surface area contributed by atoms with E-state index >= 15 is 0 Å². The zero-order valence-electron chi connectivity index (χ0n) is 14.1. The molecule has 5 heteroatoms. The molecule has 0 unspecified atom stereocenters. The molecule has 5 nitrogen and oxygen atoms in total. The lowest BCUT2D eigenvalue weighted by atomic mass is 10.1. The molecule has 1 atom stereocenters. The van der Waals surface area contributed by atoms with Crippen LogP contribution in [0.2, 0.25) is 0 Å². The molecule has 4 rings (SSSR count). The third kappa shape index (κ3) is 2.97. The number of carbonyl (C=O) groups excluding carboxylic acids is 2. The summed E-state index contributed by atoms with van der Waals surface area (Å²) in [6.45, 7) is 1.71. The average molecular weight is 336 g/mol. The van der Waals surface area contributed by atoms with E-state index in [2.05, 4.69) is 11.4 Å². The molecule has 25 heavy (non-hydrogen) atoms. The highest BCUT2D eigenvalue weighted by Crippen LogP contribution is 2.33. The first-order chi connectivity index (χ1) is 12.1. The van der Waals surface area contributed by atoms with Crippen molar-refractivity contribution in [3.05, 3.63) is 53.6 Å². The summed E-state index contributed by atoms with van der Waals surface area (Å²) in [4.78, 5) is 26.2. The lowest BCUT2D eigenvalue weighted by Crippen LogP contribution is -2.48. The van der Waals surface area contributed by atoms with Gasteiger partial charge >= 0.3 is 0 Å². The number of aryl methyl sites for hydroxylation is 2. The highest BCUT2D eigenvalue weighted by atomic mass is 16.5. The van der Waals surface area contributed by atoms with Gasteiger partial charge in [-0.05, 0) is 54.7 Å². The molecule has 2 aromatic carbocycles. The predicted molar refractivity (Wildman–Crippen MR) is 96.0 cm³/mol. The van der Waals surface area contributed by atoms with Gasteiger partial charge in [-0.2, -0.15) is 0 Å². The first-order valence-electron chi connectivity index (χ1n) is 8.58. The Labute approximate surface area is 146 Å². The predicted octanol–water partition coefficient (Wildman–Crippen LogP) is 2.93. The topological polar surface area (TPSA) is 58.6 Å². The van der Waals surface area contributed by atoms with Crippen molar-refractivity contribution in [3.8, 4) is 5.75 Å². The number of fused-ring (bicyclic) bond motifs is 2. The fourth-order valence-electron chi connectivity index (χ4n) is 3.54. The minimum Gasteiger partial charge on any atom is -0.476 e. The number of carbonyl (C=O) groups is 2. The number of nitrogens with zero attached hydrogens (tertiary/aromatic N) is 1. The Morgan fingerprint density at radius 3 is 2.76 bits per heavy atom. The second kappa shape index (κ2) is 6.24. The van der Waals surface area contributed by atoms with Crippen LogP contribution in [0.25, 0.3) is 0 Å². The number of hydrogen-bond donors (Lipinski definition) is 1. The van der Waals surface area contributed by atoms with E-state index in [1.807, 2.05) is 30.3 Å². The molecule has 0 spiro atoms. The van der Waals surface area contributed by atoms with Crippen LogP contribution in [0.1, 0.15) is 24.5 Å². The Kier molecular flexibility index (Phi) is 3.92. The molecule has 0 bridgehead atoms. The van der Waals surface area contributed by atoms with Crippen molar-refractivity contribution in [2.45, 2.75) is 32.3 Å². The standard InChI is InChI=1S/C20H20N2O3/c1-13(23)22-12-19(25-18-8-3-2-7-17(18)22)20(24)21-16-10-9-14-5-4-6-15(14)11-16/h2-3,7-11,19H,4-6,12H2,1H3,(H,21,24)/t19-/m1/s1. The van der Waals surface area contributed by atoms with E-state index < -0.39 is 6.10 Å². The molecule has 1 N–H and O–H groups in total. The number of para-hydroxylation sites is 2. The van der Waals surface area contributed by atoms with Gasteiger partial charge in [-0.25, -0.2) is 0 Å². The van der Waals surface area contributed by atoms with Crippen LogP contribution in [0.5, 0.6) is 5.75 Å². The summed E-state index contributed by atoms with van der Waals surface area (Å²) >= 11 is 0. The fourth-order valence-corrected chi connectivity index (χ4v) is 3.54. The molecule has 2 aromatic rings. The molecular weight excluding hydrogens is 316 g/mol. The molecule has 0 fully saturated rings. The number of ether oxygens (including phenoxy) is 1. The van der Waals surface area contributed by atoms with Crippen LogP contribution in [0, 0.1) is 0 Å². The third-order valence-corrected chi connectivity index (χ3v) is 4.81. The van der Waals surface area contributed by atoms with Crippen LogP contribution < -0.4 is 15.0 Å². The Morgan fingerprint density at radius 1 is 1.12 bits per heavy atom. The highest BCUT2D eigenvalue weighted by Gasteiger charge is 2.32. The van der Waals surface area contributed by atoms with Gasteiger partial charge in [-0.3, -0.25) is 9.59 Å². The van der Waals surface area contributed by atoms with Crippen molar-refractivity contribution in [1.29, 1.82) is 0 Å². The highest BCUT2D eigenvalue weighted by molar-refractivity contribution is 5.99. The summed E-state index contributed by atoms with van der Waals surface area (Å²) in [7, 11) is 0. The number of hydrogen-bond acceptors (Lipinski definition) is 3. The maximum absolute atomic E-state index is 12.7. The van der Waals surface area contributed by atoms with E-state index in [4.69, 9.17) is 4.74 Å². The Hall–Kier alpha value is -2.82. The molecular formula is C20H20N2O3. The van der Waals surface area contributed by atoms with Gasteiger partial charge in [0.2, 0.25) is 5.91 Å². The number of amides is 2. The molecule has 0 aromatic heterocycles. The molecule has 0 saturated heterocycles. The van der Waals surface area contributed by atoms with Crippen LogP contribution in [-0.2, 0) is 22.4 Å². The number of nitrogens with one attached hydrogen (secondary N) is 1. The van der Waals surface area contributed by atoms with Crippen LogP contribution in [-0.4, -0.2) is 24.5 Å². The Morgan fingerprint density at radius 2 is 1.92 bits per heavy atom. The molecule has 0 saturated carbocycles. The van der Waals surface area contributed by atoms with E-state index in [-0.39, 0.29) is 18.4 Å². The van der Waals surface area contributed by atoms with Gasteiger partial charge in [0.15, 0.2) is 6.10 Å². The van der Waals surface area contributed by atoms with Crippen molar-refractivity contribution in [2.75, 3.05) is 16.8 Å². The molecule has 1 heterocycles. The summed E-state index contributed by atoms with van der Waals surface area (Å²) in [5.74, 6) is 0.211.